The van der Waals surface area contributed by atoms with Crippen molar-refractivity contribution in [2.24, 2.45) is 0 Å². The predicted molar refractivity (Wildman–Crippen MR) is 80.3 cm³/mol. The number of hydrogen-bond acceptors (Lipinski definition) is 3. The van der Waals surface area contributed by atoms with Crippen molar-refractivity contribution in [2.75, 3.05) is 4.72 Å². The summed E-state index contributed by atoms with van der Waals surface area (Å²) < 4.78 is 91.6. The summed E-state index contributed by atoms with van der Waals surface area (Å²) in [7, 11) is -4.64. The molecule has 140 valence electrons. The van der Waals surface area contributed by atoms with Gasteiger partial charge in [-0.1, -0.05) is 0 Å². The number of anilines is 1. The predicted octanol–water partition coefficient (Wildman–Crippen LogP) is 3.79. The van der Waals surface area contributed by atoms with Gasteiger partial charge in [-0.15, -0.1) is 0 Å². The molecule has 0 saturated heterocycles. The highest BCUT2D eigenvalue weighted by Gasteiger charge is 2.34. The van der Waals surface area contributed by atoms with Crippen LogP contribution in [0.2, 0.25) is 0 Å². The first-order chi connectivity index (χ1) is 11.8. The minimum atomic E-state index is -5.06. The number of carbonyl (C=O) groups is 1. The molecule has 0 saturated carbocycles. The largest absolute Gasteiger partial charge is 0.478 e. The second kappa shape index (κ2) is 6.56. The molecule has 0 aliphatic rings. The number of nitrogens with one attached hydrogen (secondary N) is 1. The van der Waals surface area contributed by atoms with Crippen molar-refractivity contribution in [3.05, 3.63) is 58.7 Å². The zero-order valence-corrected chi connectivity index (χ0v) is 13.7. The molecule has 2 aromatic carbocycles. The van der Waals surface area contributed by atoms with Crippen molar-refractivity contribution in [2.45, 2.75) is 18.0 Å². The quantitative estimate of drug-likeness (QED) is 0.772. The molecule has 0 amide bonds. The Morgan fingerprint density at radius 3 is 2.23 bits per heavy atom. The Kier molecular flexibility index (Phi) is 4.95. The first kappa shape index (κ1) is 19.6. The SMILES string of the molecule is Cc1c(F)cc(C(=O)O)cc1S(=O)(=O)Nc1ccc(F)c(C(F)(F)F)c1. The normalized spacial score (nSPS) is 12.1. The maximum Gasteiger partial charge on any atom is 0.419 e. The molecule has 5 nitrogen and oxygen atoms in total. The molecule has 0 bridgehead atoms. The van der Waals surface area contributed by atoms with Crippen molar-refractivity contribution in [1.29, 1.82) is 0 Å². The van der Waals surface area contributed by atoms with Crippen LogP contribution in [0.15, 0.2) is 35.2 Å². The summed E-state index contributed by atoms with van der Waals surface area (Å²) in [4.78, 5) is 10.2. The lowest BCUT2D eigenvalue weighted by Gasteiger charge is -2.14. The Balaban J connectivity index is 2.52. The van der Waals surface area contributed by atoms with Crippen LogP contribution >= 0.6 is 0 Å². The Bertz CT molecular complexity index is 986. The number of sulfonamides is 1. The Hall–Kier alpha value is -2.69. The van der Waals surface area contributed by atoms with E-state index in [1.54, 1.807) is 4.72 Å². The van der Waals surface area contributed by atoms with Gasteiger partial charge in [-0.3, -0.25) is 4.72 Å². The van der Waals surface area contributed by atoms with E-state index in [1.165, 1.54) is 0 Å². The second-order valence-corrected chi connectivity index (χ2v) is 6.84. The van der Waals surface area contributed by atoms with Gasteiger partial charge in [0.1, 0.15) is 11.6 Å². The van der Waals surface area contributed by atoms with E-state index in [0.29, 0.717) is 18.2 Å². The monoisotopic (exact) mass is 395 g/mol. The number of alkyl halides is 3. The molecule has 2 aromatic rings. The van der Waals surface area contributed by atoms with E-state index in [2.05, 4.69) is 0 Å². The van der Waals surface area contributed by atoms with Crippen LogP contribution in [-0.2, 0) is 16.2 Å². The number of hydrogen-bond donors (Lipinski definition) is 2. The van der Waals surface area contributed by atoms with Gasteiger partial charge >= 0.3 is 12.1 Å². The molecule has 26 heavy (non-hydrogen) atoms. The van der Waals surface area contributed by atoms with Crippen molar-refractivity contribution in [3.63, 3.8) is 0 Å². The van der Waals surface area contributed by atoms with Crippen molar-refractivity contribution < 1.29 is 40.3 Å². The van der Waals surface area contributed by atoms with Gasteiger partial charge in [0.05, 0.1) is 16.0 Å². The number of carboxylic acid groups (broad SMARTS) is 1. The molecule has 0 aliphatic heterocycles. The topological polar surface area (TPSA) is 83.5 Å². The van der Waals surface area contributed by atoms with Gasteiger partial charge in [-0.05, 0) is 37.3 Å². The lowest BCUT2D eigenvalue weighted by atomic mass is 10.1. The maximum atomic E-state index is 13.8. The van der Waals surface area contributed by atoms with Gasteiger partial charge in [0.15, 0.2) is 0 Å². The molecule has 0 unspecified atom stereocenters. The molecule has 0 atom stereocenters. The van der Waals surface area contributed by atoms with Gasteiger partial charge in [0.25, 0.3) is 10.0 Å². The van der Waals surface area contributed by atoms with Crippen molar-refractivity contribution in [3.8, 4) is 0 Å². The number of halogens is 5. The molecule has 2 rings (SSSR count). The van der Waals surface area contributed by atoms with E-state index in [0.717, 1.165) is 13.0 Å². The van der Waals surface area contributed by atoms with E-state index < -0.39 is 61.1 Å². The first-order valence-corrected chi connectivity index (χ1v) is 8.24. The fourth-order valence-corrected chi connectivity index (χ4v) is 3.40. The average Bonchev–Trinajstić information content (AvgIpc) is 2.50. The third kappa shape index (κ3) is 3.93. The Morgan fingerprint density at radius 2 is 1.69 bits per heavy atom. The van der Waals surface area contributed by atoms with Crippen LogP contribution in [0.3, 0.4) is 0 Å². The van der Waals surface area contributed by atoms with Gasteiger partial charge in [0.2, 0.25) is 0 Å². The van der Waals surface area contributed by atoms with E-state index in [9.17, 15) is 35.2 Å². The van der Waals surface area contributed by atoms with Crippen LogP contribution < -0.4 is 4.72 Å². The average molecular weight is 395 g/mol. The van der Waals surface area contributed by atoms with E-state index >= 15 is 0 Å². The molecule has 0 radical (unpaired) electrons. The third-order valence-electron chi connectivity index (χ3n) is 3.36. The standard InChI is InChI=1S/C15H10F5NO4S/c1-7-12(17)4-8(14(22)23)5-13(7)26(24,25)21-9-2-3-11(16)10(6-9)15(18,19)20/h2-6,21H,1H3,(H,22,23). The van der Waals surface area contributed by atoms with Crippen LogP contribution in [0, 0.1) is 18.6 Å². The third-order valence-corrected chi connectivity index (χ3v) is 4.86. The highest BCUT2D eigenvalue weighted by Crippen LogP contribution is 2.33. The summed E-state index contributed by atoms with van der Waals surface area (Å²) in [5, 5.41) is 8.89. The molecule has 0 aromatic heterocycles. The number of benzene rings is 2. The highest BCUT2D eigenvalue weighted by atomic mass is 32.2. The molecule has 0 fully saturated rings. The fraction of sp³-hybridized carbons (Fsp3) is 0.133. The minimum absolute atomic E-state index is 0.236. The zero-order chi connectivity index (χ0) is 19.9. The summed E-state index contributed by atoms with van der Waals surface area (Å²) in [6.07, 6.45) is -5.06. The Labute approximate surface area is 144 Å². The molecular weight excluding hydrogens is 385 g/mol. The summed E-state index contributed by atoms with van der Waals surface area (Å²) in [6, 6.07) is 2.67. The van der Waals surface area contributed by atoms with Gasteiger partial charge < -0.3 is 5.11 Å². The lowest BCUT2D eigenvalue weighted by molar-refractivity contribution is -0.139. The summed E-state index contributed by atoms with van der Waals surface area (Å²) >= 11 is 0. The molecular formula is C15H10F5NO4S. The van der Waals surface area contributed by atoms with Crippen molar-refractivity contribution >= 4 is 21.7 Å². The van der Waals surface area contributed by atoms with Crippen LogP contribution in [0.4, 0.5) is 27.6 Å². The summed E-state index contributed by atoms with van der Waals surface area (Å²) in [5.74, 6) is -4.32. The maximum absolute atomic E-state index is 13.8. The van der Waals surface area contributed by atoms with E-state index in [1.807, 2.05) is 0 Å². The van der Waals surface area contributed by atoms with E-state index in [4.69, 9.17) is 5.11 Å². The summed E-state index contributed by atoms with van der Waals surface area (Å²) in [5.41, 5.74) is -3.41. The van der Waals surface area contributed by atoms with Gasteiger partial charge in [0, 0.05) is 11.3 Å². The lowest BCUT2D eigenvalue weighted by Crippen LogP contribution is -2.17. The molecule has 11 heteroatoms. The molecule has 2 N–H and O–H groups in total. The van der Waals surface area contributed by atoms with Crippen molar-refractivity contribution in [1.82, 2.24) is 0 Å². The molecule has 0 aliphatic carbocycles. The van der Waals surface area contributed by atoms with Crippen LogP contribution in [-0.4, -0.2) is 19.5 Å². The first-order valence-electron chi connectivity index (χ1n) is 6.76. The van der Waals surface area contributed by atoms with Crippen LogP contribution in [0.25, 0.3) is 0 Å². The summed E-state index contributed by atoms with van der Waals surface area (Å²) in [6.45, 7) is 1.06. The van der Waals surface area contributed by atoms with Crippen LogP contribution in [0.5, 0.6) is 0 Å². The molecule has 0 spiro atoms. The molecule has 0 heterocycles. The second-order valence-electron chi connectivity index (χ2n) is 5.18. The highest BCUT2D eigenvalue weighted by molar-refractivity contribution is 7.92. The number of carboxylic acids is 1. The van der Waals surface area contributed by atoms with E-state index in [-0.39, 0.29) is 6.07 Å². The zero-order valence-electron chi connectivity index (χ0n) is 12.9. The number of aromatic carboxylic acids is 1. The fourth-order valence-electron chi connectivity index (χ4n) is 2.07. The smallest absolute Gasteiger partial charge is 0.419 e. The van der Waals surface area contributed by atoms with Gasteiger partial charge in [-0.2, -0.15) is 13.2 Å². The number of rotatable bonds is 4. The minimum Gasteiger partial charge on any atom is -0.478 e. The van der Waals surface area contributed by atoms with Crippen LogP contribution in [0.1, 0.15) is 21.5 Å². The Morgan fingerprint density at radius 1 is 1.08 bits per heavy atom. The van der Waals surface area contributed by atoms with Gasteiger partial charge in [-0.25, -0.2) is 22.0 Å².